The molecule has 14 nitrogen and oxygen atoms in total. The van der Waals surface area contributed by atoms with E-state index in [9.17, 15) is 19.2 Å². The number of carbonyl (C=O) groups excluding carboxylic acids is 4. The maximum Gasteiger partial charge on any atom is 0.418 e. The van der Waals surface area contributed by atoms with Crippen molar-refractivity contribution in [3.63, 3.8) is 0 Å². The Kier molecular flexibility index (Phi) is 16.6. The fourth-order valence-corrected chi connectivity index (χ4v) is 10.6. The zero-order chi connectivity index (χ0) is 52.4. The maximum atomic E-state index is 14.6. The summed E-state index contributed by atoms with van der Waals surface area (Å²) in [4.78, 5) is 60.0. The predicted molar refractivity (Wildman–Crippen MR) is 288 cm³/mol. The molecule has 394 valence electrons. The normalized spacial score (nSPS) is 18.8. The van der Waals surface area contributed by atoms with Crippen LogP contribution in [0.3, 0.4) is 0 Å². The summed E-state index contributed by atoms with van der Waals surface area (Å²) in [5, 5.41) is 7.48. The van der Waals surface area contributed by atoms with Crippen LogP contribution < -0.4 is 29.9 Å². The van der Waals surface area contributed by atoms with E-state index in [4.69, 9.17) is 28.4 Å². The van der Waals surface area contributed by atoms with Gasteiger partial charge in [-0.3, -0.25) is 9.80 Å². The third-order valence-electron chi connectivity index (χ3n) is 15.2. The van der Waals surface area contributed by atoms with Gasteiger partial charge in [-0.25, -0.2) is 19.2 Å². The molecule has 10 rings (SSSR count). The summed E-state index contributed by atoms with van der Waals surface area (Å²) in [6.45, 7) is 0.628. The average molecular weight is 1030 g/mol. The van der Waals surface area contributed by atoms with Gasteiger partial charge in [-0.2, -0.15) is 0 Å². The number of ether oxygens (including phenoxy) is 6. The third-order valence-corrected chi connectivity index (χ3v) is 15.2. The second-order valence-electron chi connectivity index (χ2n) is 20.2. The number of hydrogen-bond donors (Lipinski definition) is 2. The minimum absolute atomic E-state index is 0.0694. The predicted octanol–water partition coefficient (Wildman–Crippen LogP) is 11.2. The molecule has 0 aliphatic heterocycles. The molecule has 0 radical (unpaired) electrons. The average Bonchev–Trinajstić information content (AvgIpc) is 3.43. The number of nitrogens with zero attached hydrogens (tertiary/aromatic N) is 2. The highest BCUT2D eigenvalue weighted by atomic mass is 16.6. The van der Waals surface area contributed by atoms with Crippen LogP contribution >= 0.6 is 0 Å². The lowest BCUT2D eigenvalue weighted by Gasteiger charge is -2.40. The van der Waals surface area contributed by atoms with E-state index in [0.717, 1.165) is 71.9 Å². The molecule has 0 saturated heterocycles. The number of hydrogen-bond acceptors (Lipinski definition) is 12. The van der Waals surface area contributed by atoms with Gasteiger partial charge in [0, 0.05) is 38.3 Å². The molecular formula is C62H66N4O10. The molecule has 2 saturated carbocycles. The van der Waals surface area contributed by atoms with Gasteiger partial charge in [0.05, 0.1) is 11.4 Å². The number of nitrogens with one attached hydrogen (secondary N) is 2. The molecule has 0 bridgehead atoms. The number of carbonyl (C=O) groups is 4. The summed E-state index contributed by atoms with van der Waals surface area (Å²) in [6, 6.07) is 45.6. The molecule has 4 atom stereocenters. The first-order valence-electron chi connectivity index (χ1n) is 26.6. The summed E-state index contributed by atoms with van der Waals surface area (Å²) >= 11 is 0. The van der Waals surface area contributed by atoms with Crippen molar-refractivity contribution in [1.29, 1.82) is 0 Å². The van der Waals surface area contributed by atoms with Crippen LogP contribution in [0.25, 0.3) is 0 Å². The second kappa shape index (κ2) is 24.3. The van der Waals surface area contributed by atoms with E-state index in [1.165, 1.54) is 9.80 Å². The smallest absolute Gasteiger partial charge is 0.418 e. The highest BCUT2D eigenvalue weighted by Crippen LogP contribution is 2.46. The zero-order valence-electron chi connectivity index (χ0n) is 43.2. The zero-order valence-corrected chi connectivity index (χ0v) is 43.2. The molecule has 4 aliphatic carbocycles. The Bertz CT molecular complexity index is 2750. The van der Waals surface area contributed by atoms with E-state index in [1.54, 1.807) is 26.2 Å². The van der Waals surface area contributed by atoms with Crippen molar-refractivity contribution in [2.24, 2.45) is 0 Å². The molecule has 4 unspecified atom stereocenters. The summed E-state index contributed by atoms with van der Waals surface area (Å²) in [7, 11) is 3.31. The van der Waals surface area contributed by atoms with E-state index >= 15 is 0 Å². The molecule has 0 spiro atoms. The van der Waals surface area contributed by atoms with Crippen LogP contribution in [-0.2, 0) is 67.8 Å². The van der Waals surface area contributed by atoms with Crippen LogP contribution in [0.2, 0.25) is 0 Å². The largest absolute Gasteiger partial charge is 0.487 e. The van der Waals surface area contributed by atoms with Gasteiger partial charge in [-0.1, -0.05) is 146 Å². The molecule has 0 heterocycles. The molecule has 2 N–H and O–H groups in total. The van der Waals surface area contributed by atoms with E-state index in [1.807, 2.05) is 133 Å². The first-order valence-corrected chi connectivity index (χ1v) is 26.6. The lowest BCUT2D eigenvalue weighted by Crippen LogP contribution is -2.49. The van der Waals surface area contributed by atoms with Crippen molar-refractivity contribution in [3.05, 3.63) is 190 Å². The fraction of sp³-hybridized carbons (Fsp3) is 0.355. The van der Waals surface area contributed by atoms with Crippen molar-refractivity contribution in [1.82, 2.24) is 10.6 Å². The fourth-order valence-electron chi connectivity index (χ4n) is 10.6. The molecule has 2 fully saturated rings. The lowest BCUT2D eigenvalue weighted by atomic mass is 9.82. The summed E-state index contributed by atoms with van der Waals surface area (Å²) in [5.74, 6) is -1.36. The van der Waals surface area contributed by atoms with E-state index < -0.39 is 36.3 Å². The van der Waals surface area contributed by atoms with E-state index in [-0.39, 0.29) is 50.6 Å². The maximum absolute atomic E-state index is 14.6. The lowest BCUT2D eigenvalue weighted by molar-refractivity contribution is -0.177. The van der Waals surface area contributed by atoms with E-state index in [0.29, 0.717) is 59.7 Å². The van der Waals surface area contributed by atoms with Crippen molar-refractivity contribution >= 4 is 35.5 Å². The van der Waals surface area contributed by atoms with Crippen LogP contribution in [0, 0.1) is 0 Å². The standard InChI is InChI=1S/C62H66N4O10/c1-65(61(69)73-39-43-21-11-5-12-22-43)55-47-29-33-51(63-45-25-15-26-45)57(49(47)31-35-53(55)71-37-41-17-7-3-8-18-41)75-59(67)60(68)76-58-50-32-36-54(72-38-42-19-9-4-10-20-42)56(48(50)30-34-52(58)64-46-27-16-28-46)66(2)62(70)74-40-44-23-13-6-14-24-44/h3-14,17-24,31-32,35-36,45-46,51-52,57-58,63-64H,15-16,25-30,33-34,37-40H2,1-2H3. The van der Waals surface area contributed by atoms with Crippen molar-refractivity contribution in [2.75, 3.05) is 23.9 Å². The summed E-state index contributed by atoms with van der Waals surface area (Å²) in [6.07, 6.45) is 5.23. The monoisotopic (exact) mass is 1030 g/mol. The molecule has 4 aliphatic rings. The van der Waals surface area contributed by atoms with Gasteiger partial charge in [0.15, 0.2) is 0 Å². The van der Waals surface area contributed by atoms with Crippen molar-refractivity contribution in [3.8, 4) is 11.5 Å². The Labute approximate surface area is 444 Å². The number of rotatable bonds is 18. The number of fused-ring (bicyclic) bond motifs is 2. The summed E-state index contributed by atoms with van der Waals surface area (Å²) < 4.78 is 37.4. The quantitative estimate of drug-likeness (QED) is 0.0478. The Morgan fingerprint density at radius 2 is 0.789 bits per heavy atom. The molecule has 14 heteroatoms. The molecule has 76 heavy (non-hydrogen) atoms. The Morgan fingerprint density at radius 3 is 1.12 bits per heavy atom. The van der Waals surface area contributed by atoms with E-state index in [2.05, 4.69) is 10.6 Å². The van der Waals surface area contributed by atoms with Gasteiger partial charge < -0.3 is 39.1 Å². The third kappa shape index (κ3) is 12.2. The SMILES string of the molecule is CN(C(=O)OCc1ccccc1)c1c(OCc2ccccc2)ccc2c1CCC(NC1CCC1)C2OC(=O)C(=O)OC1c2ccc(OCc3ccccc3)c(N(C)C(=O)OCc3ccccc3)c2CCC1NC1CCC1. The highest BCUT2D eigenvalue weighted by Gasteiger charge is 2.43. The van der Waals surface area contributed by atoms with Gasteiger partial charge >= 0.3 is 24.1 Å². The van der Waals surface area contributed by atoms with Crippen LogP contribution in [0.5, 0.6) is 11.5 Å². The molecule has 0 aromatic heterocycles. The number of amides is 2. The molecule has 6 aromatic rings. The topological polar surface area (TPSA) is 154 Å². The Balaban J connectivity index is 0.950. The molecule has 6 aromatic carbocycles. The van der Waals surface area contributed by atoms with Gasteiger partial charge in [-0.05, 0) is 108 Å². The number of esters is 2. The first-order chi connectivity index (χ1) is 37.2. The number of anilines is 2. The Morgan fingerprint density at radius 1 is 0.447 bits per heavy atom. The van der Waals surface area contributed by atoms with Crippen LogP contribution in [0.4, 0.5) is 21.0 Å². The van der Waals surface area contributed by atoms with Crippen molar-refractivity contribution in [2.45, 2.75) is 127 Å². The minimum Gasteiger partial charge on any atom is -0.487 e. The summed E-state index contributed by atoms with van der Waals surface area (Å²) in [5.41, 5.74) is 7.37. The second-order valence-corrected chi connectivity index (χ2v) is 20.2. The highest BCUT2D eigenvalue weighted by molar-refractivity contribution is 6.29. The van der Waals surface area contributed by atoms with Crippen LogP contribution in [-0.4, -0.2) is 62.4 Å². The minimum atomic E-state index is -1.14. The van der Waals surface area contributed by atoms with Crippen molar-refractivity contribution < 1.29 is 47.6 Å². The first kappa shape index (κ1) is 51.8. The molecular weight excluding hydrogens is 961 g/mol. The van der Waals surface area contributed by atoms with Gasteiger partial charge in [0.2, 0.25) is 0 Å². The van der Waals surface area contributed by atoms with Gasteiger partial charge in [0.25, 0.3) is 0 Å². The van der Waals surface area contributed by atoms with Crippen LogP contribution in [0.1, 0.15) is 108 Å². The van der Waals surface area contributed by atoms with Gasteiger partial charge in [0.1, 0.15) is 50.1 Å². The van der Waals surface area contributed by atoms with Crippen LogP contribution in [0.15, 0.2) is 146 Å². The molecule has 2 amide bonds. The van der Waals surface area contributed by atoms with Gasteiger partial charge in [-0.15, -0.1) is 0 Å². The number of benzene rings is 6. The Hall–Kier alpha value is -7.68.